The highest BCUT2D eigenvalue weighted by molar-refractivity contribution is 9.10. The molecule has 0 saturated heterocycles. The van der Waals surface area contributed by atoms with Gasteiger partial charge in [-0.05, 0) is 29.3 Å². The van der Waals surface area contributed by atoms with E-state index in [-0.39, 0.29) is 0 Å². The molecule has 2 aromatic rings. The third-order valence-corrected chi connectivity index (χ3v) is 2.89. The number of nitrogens with zero attached hydrogens (tertiary/aromatic N) is 1. The number of benzene rings is 1. The molecule has 0 amide bonds. The summed E-state index contributed by atoms with van der Waals surface area (Å²) in [6.45, 7) is 1.11. The maximum atomic E-state index is 5.62. The number of hydrogen-bond acceptors (Lipinski definition) is 4. The molecule has 0 aliphatic heterocycles. The maximum absolute atomic E-state index is 5.62. The average Bonchev–Trinajstić information content (AvgIpc) is 2.40. The highest BCUT2D eigenvalue weighted by Crippen LogP contribution is 2.13. The second-order valence-corrected chi connectivity index (χ2v) is 4.73. The summed E-state index contributed by atoms with van der Waals surface area (Å²) in [5, 5.41) is 0. The summed E-state index contributed by atoms with van der Waals surface area (Å²) in [4.78, 5) is 4.11. The number of nitrogen functional groups attached to an aromatic ring is 1. The van der Waals surface area contributed by atoms with Crippen LogP contribution in [0.4, 0.5) is 5.82 Å². The molecule has 0 bridgehead atoms. The molecular formula is C13H14BrN3O. The molecule has 0 radical (unpaired) electrons. The number of nitrogens with two attached hydrogens (primary N) is 1. The summed E-state index contributed by atoms with van der Waals surface area (Å²) in [6, 6.07) is 11.8. The number of ether oxygens (including phenoxy) is 1. The summed E-state index contributed by atoms with van der Waals surface area (Å²) >= 11 is 3.43. The SMILES string of the molecule is NNc1ccc(COCc2cccc(Br)c2)cn1. The largest absolute Gasteiger partial charge is 0.372 e. The van der Waals surface area contributed by atoms with E-state index in [2.05, 4.69) is 26.3 Å². The third kappa shape index (κ3) is 3.80. The molecule has 18 heavy (non-hydrogen) atoms. The van der Waals surface area contributed by atoms with E-state index in [9.17, 15) is 0 Å². The van der Waals surface area contributed by atoms with Crippen LogP contribution in [0.5, 0.6) is 0 Å². The summed E-state index contributed by atoms with van der Waals surface area (Å²) in [6.07, 6.45) is 1.75. The fraction of sp³-hybridized carbons (Fsp3) is 0.154. The number of hydrazine groups is 1. The van der Waals surface area contributed by atoms with Crippen LogP contribution < -0.4 is 11.3 Å². The minimum Gasteiger partial charge on any atom is -0.372 e. The Hall–Kier alpha value is -1.43. The zero-order chi connectivity index (χ0) is 12.8. The number of nitrogens with one attached hydrogen (secondary N) is 1. The molecule has 0 unspecified atom stereocenters. The van der Waals surface area contributed by atoms with Gasteiger partial charge in [-0.25, -0.2) is 10.8 Å². The van der Waals surface area contributed by atoms with Crippen molar-refractivity contribution in [1.29, 1.82) is 0 Å². The summed E-state index contributed by atoms with van der Waals surface area (Å²) in [5.74, 6) is 5.89. The van der Waals surface area contributed by atoms with Crippen molar-refractivity contribution in [3.63, 3.8) is 0 Å². The van der Waals surface area contributed by atoms with Crippen LogP contribution in [0.15, 0.2) is 47.1 Å². The number of pyridine rings is 1. The Balaban J connectivity index is 1.84. The lowest BCUT2D eigenvalue weighted by Crippen LogP contribution is -2.08. The maximum Gasteiger partial charge on any atom is 0.139 e. The van der Waals surface area contributed by atoms with Crippen LogP contribution in [0.2, 0.25) is 0 Å². The van der Waals surface area contributed by atoms with Gasteiger partial charge in [0.15, 0.2) is 0 Å². The van der Waals surface area contributed by atoms with Crippen LogP contribution in [0, 0.1) is 0 Å². The number of rotatable bonds is 5. The lowest BCUT2D eigenvalue weighted by molar-refractivity contribution is 0.107. The molecule has 0 fully saturated rings. The summed E-state index contributed by atoms with van der Waals surface area (Å²) < 4.78 is 6.68. The van der Waals surface area contributed by atoms with Gasteiger partial charge in [-0.2, -0.15) is 0 Å². The Morgan fingerprint density at radius 1 is 1.17 bits per heavy atom. The Kier molecular flexibility index (Phi) is 4.69. The second-order valence-electron chi connectivity index (χ2n) is 3.82. The van der Waals surface area contributed by atoms with Crippen LogP contribution in [0.25, 0.3) is 0 Å². The molecule has 0 spiro atoms. The third-order valence-electron chi connectivity index (χ3n) is 2.40. The van der Waals surface area contributed by atoms with Gasteiger partial charge in [-0.1, -0.05) is 34.1 Å². The summed E-state index contributed by atoms with van der Waals surface area (Å²) in [5.41, 5.74) is 4.64. The van der Waals surface area contributed by atoms with Crippen molar-refractivity contribution < 1.29 is 4.74 Å². The van der Waals surface area contributed by atoms with E-state index in [0.717, 1.165) is 15.6 Å². The van der Waals surface area contributed by atoms with Crippen molar-refractivity contribution >= 4 is 21.7 Å². The highest BCUT2D eigenvalue weighted by atomic mass is 79.9. The van der Waals surface area contributed by atoms with E-state index in [4.69, 9.17) is 10.6 Å². The molecular weight excluding hydrogens is 294 g/mol. The topological polar surface area (TPSA) is 60.2 Å². The first kappa shape index (κ1) is 13.0. The minimum absolute atomic E-state index is 0.532. The number of hydrogen-bond donors (Lipinski definition) is 2. The van der Waals surface area contributed by atoms with Gasteiger partial charge in [0.05, 0.1) is 13.2 Å². The molecule has 1 aromatic carbocycles. The molecule has 94 valence electrons. The fourth-order valence-electron chi connectivity index (χ4n) is 1.51. The van der Waals surface area contributed by atoms with Crippen molar-refractivity contribution in [2.24, 2.45) is 5.84 Å². The van der Waals surface area contributed by atoms with Crippen molar-refractivity contribution in [1.82, 2.24) is 4.98 Å². The molecule has 4 nitrogen and oxygen atoms in total. The first-order chi connectivity index (χ1) is 8.78. The Morgan fingerprint density at radius 2 is 2.00 bits per heavy atom. The van der Waals surface area contributed by atoms with Crippen LogP contribution in [0.3, 0.4) is 0 Å². The van der Waals surface area contributed by atoms with E-state index in [1.807, 2.05) is 36.4 Å². The molecule has 3 N–H and O–H groups in total. The average molecular weight is 308 g/mol. The molecule has 0 saturated carbocycles. The van der Waals surface area contributed by atoms with E-state index >= 15 is 0 Å². The first-order valence-corrected chi connectivity index (χ1v) is 6.31. The Bertz CT molecular complexity index is 502. The zero-order valence-corrected chi connectivity index (χ0v) is 11.4. The molecule has 0 aliphatic carbocycles. The lowest BCUT2D eigenvalue weighted by atomic mass is 10.2. The van der Waals surface area contributed by atoms with Crippen LogP contribution in [-0.2, 0) is 18.0 Å². The van der Waals surface area contributed by atoms with Gasteiger partial charge in [0.2, 0.25) is 0 Å². The van der Waals surface area contributed by atoms with Crippen molar-refractivity contribution in [2.45, 2.75) is 13.2 Å². The number of anilines is 1. The zero-order valence-electron chi connectivity index (χ0n) is 9.77. The predicted octanol–water partition coefficient (Wildman–Crippen LogP) is 2.85. The highest BCUT2D eigenvalue weighted by Gasteiger charge is 1.97. The quantitative estimate of drug-likeness (QED) is 0.659. The smallest absolute Gasteiger partial charge is 0.139 e. The van der Waals surface area contributed by atoms with Crippen LogP contribution in [0.1, 0.15) is 11.1 Å². The lowest BCUT2D eigenvalue weighted by Gasteiger charge is -2.05. The van der Waals surface area contributed by atoms with Crippen molar-refractivity contribution in [3.05, 3.63) is 58.2 Å². The predicted molar refractivity (Wildman–Crippen MR) is 74.7 cm³/mol. The van der Waals surface area contributed by atoms with E-state index in [1.54, 1.807) is 6.20 Å². The van der Waals surface area contributed by atoms with Crippen LogP contribution in [-0.4, -0.2) is 4.98 Å². The van der Waals surface area contributed by atoms with Gasteiger partial charge in [0, 0.05) is 10.7 Å². The van der Waals surface area contributed by atoms with E-state index in [1.165, 1.54) is 0 Å². The van der Waals surface area contributed by atoms with Gasteiger partial charge >= 0.3 is 0 Å². The normalized spacial score (nSPS) is 10.3. The number of halogens is 1. The Labute approximate surface area is 114 Å². The Morgan fingerprint density at radius 3 is 2.67 bits per heavy atom. The van der Waals surface area contributed by atoms with E-state index in [0.29, 0.717) is 19.0 Å². The second kappa shape index (κ2) is 6.49. The van der Waals surface area contributed by atoms with Crippen LogP contribution >= 0.6 is 15.9 Å². The van der Waals surface area contributed by atoms with Gasteiger partial charge < -0.3 is 10.2 Å². The number of aromatic nitrogens is 1. The molecule has 2 rings (SSSR count). The standard InChI is InChI=1S/C13H14BrN3O/c14-12-3-1-2-10(6-12)8-18-9-11-4-5-13(17-15)16-7-11/h1-7H,8-9,15H2,(H,16,17). The fourth-order valence-corrected chi connectivity index (χ4v) is 1.96. The van der Waals surface area contributed by atoms with Gasteiger partial charge in [-0.15, -0.1) is 0 Å². The first-order valence-electron chi connectivity index (χ1n) is 5.51. The van der Waals surface area contributed by atoms with Gasteiger partial charge in [0.1, 0.15) is 5.82 Å². The van der Waals surface area contributed by atoms with Gasteiger partial charge in [0.25, 0.3) is 0 Å². The molecule has 0 aliphatic rings. The molecule has 1 heterocycles. The van der Waals surface area contributed by atoms with Gasteiger partial charge in [-0.3, -0.25) is 0 Å². The van der Waals surface area contributed by atoms with E-state index < -0.39 is 0 Å². The molecule has 5 heteroatoms. The summed E-state index contributed by atoms with van der Waals surface area (Å²) in [7, 11) is 0. The molecule has 0 atom stereocenters. The van der Waals surface area contributed by atoms with Crippen molar-refractivity contribution in [2.75, 3.05) is 5.43 Å². The molecule has 1 aromatic heterocycles. The minimum atomic E-state index is 0.532. The van der Waals surface area contributed by atoms with Crippen molar-refractivity contribution in [3.8, 4) is 0 Å². The monoisotopic (exact) mass is 307 g/mol.